The quantitative estimate of drug-likeness (QED) is 0.399. The zero-order valence-electron chi connectivity index (χ0n) is 17.7. The molecule has 0 fully saturated rings. The Labute approximate surface area is 195 Å². The van der Waals surface area contributed by atoms with Crippen molar-refractivity contribution in [3.63, 3.8) is 0 Å². The smallest absolute Gasteiger partial charge is 0.252 e. The fourth-order valence-corrected chi connectivity index (χ4v) is 4.93. The van der Waals surface area contributed by atoms with Crippen molar-refractivity contribution < 1.29 is 9.59 Å². The Bertz CT molecular complexity index is 1260. The molecule has 0 saturated heterocycles. The van der Waals surface area contributed by atoms with Gasteiger partial charge in [-0.05, 0) is 42.8 Å². The molecule has 4 aromatic rings. The normalized spacial score (nSPS) is 12.8. The maximum Gasteiger partial charge on any atom is 0.252 e. The summed E-state index contributed by atoms with van der Waals surface area (Å²) in [5.74, 6) is -0.500. The van der Waals surface area contributed by atoms with Crippen LogP contribution in [-0.2, 0) is 16.6 Å². The Morgan fingerprint density at radius 2 is 1.75 bits per heavy atom. The number of fused-ring (bicyclic) bond motifs is 1. The van der Waals surface area contributed by atoms with E-state index in [0.29, 0.717) is 22.7 Å². The molecule has 0 radical (unpaired) electrons. The van der Waals surface area contributed by atoms with Crippen molar-refractivity contribution >= 4 is 50.7 Å². The third-order valence-electron chi connectivity index (χ3n) is 5.45. The van der Waals surface area contributed by atoms with Crippen LogP contribution in [0, 0.1) is 0 Å². The van der Waals surface area contributed by atoms with E-state index in [1.807, 2.05) is 61.5 Å². The molecule has 0 aliphatic carbocycles. The second kappa shape index (κ2) is 9.10. The van der Waals surface area contributed by atoms with Crippen molar-refractivity contribution in [3.8, 4) is 0 Å². The van der Waals surface area contributed by atoms with Crippen molar-refractivity contribution in [2.75, 3.05) is 12.4 Å². The Morgan fingerprint density at radius 1 is 1.03 bits per heavy atom. The highest BCUT2D eigenvalue weighted by Gasteiger charge is 2.36. The van der Waals surface area contributed by atoms with Crippen LogP contribution >= 0.6 is 22.9 Å². The molecule has 162 valence electrons. The van der Waals surface area contributed by atoms with Crippen LogP contribution in [0.5, 0.6) is 0 Å². The predicted octanol–water partition coefficient (Wildman–Crippen LogP) is 5.45. The first kappa shape index (κ1) is 22.0. The lowest BCUT2D eigenvalue weighted by Crippen LogP contribution is -2.39. The average molecular weight is 464 g/mol. The number of amides is 2. The number of halogens is 1. The monoisotopic (exact) mass is 463 g/mol. The van der Waals surface area contributed by atoms with E-state index in [-0.39, 0.29) is 11.8 Å². The minimum absolute atomic E-state index is 0.187. The molecular weight excluding hydrogens is 442 g/mol. The molecule has 0 spiro atoms. The Morgan fingerprint density at radius 3 is 2.47 bits per heavy atom. The highest BCUT2D eigenvalue weighted by molar-refractivity contribution is 7.18. The molecule has 2 amide bonds. The van der Waals surface area contributed by atoms with Crippen LogP contribution in [0.4, 0.5) is 5.69 Å². The number of aromatic nitrogens is 1. The summed E-state index contributed by atoms with van der Waals surface area (Å²) in [6, 6.07) is 22.5. The van der Waals surface area contributed by atoms with Gasteiger partial charge in [0.05, 0.1) is 31.2 Å². The van der Waals surface area contributed by atoms with Gasteiger partial charge in [0.2, 0.25) is 5.91 Å². The van der Waals surface area contributed by atoms with Gasteiger partial charge in [-0.2, -0.15) is 0 Å². The van der Waals surface area contributed by atoms with Gasteiger partial charge in [0.1, 0.15) is 0 Å². The first-order valence-electron chi connectivity index (χ1n) is 10.1. The minimum atomic E-state index is -0.873. The van der Waals surface area contributed by atoms with Crippen LogP contribution in [0.1, 0.15) is 27.9 Å². The number of anilines is 1. The maximum atomic E-state index is 13.6. The number of carbonyl (C=O) groups is 2. The number of carbonyl (C=O) groups excluding carboxylic acids is 2. The van der Waals surface area contributed by atoms with Gasteiger partial charge in [-0.1, -0.05) is 54.1 Å². The fraction of sp³-hybridized carbons (Fsp3) is 0.160. The fourth-order valence-electron chi connectivity index (χ4n) is 3.60. The van der Waals surface area contributed by atoms with Gasteiger partial charge in [-0.3, -0.25) is 9.59 Å². The number of para-hydroxylation sites is 1. The molecule has 0 aliphatic rings. The van der Waals surface area contributed by atoms with Gasteiger partial charge in [-0.15, -0.1) is 11.3 Å². The number of nitrogens with one attached hydrogen (secondary N) is 2. The predicted molar refractivity (Wildman–Crippen MR) is 131 cm³/mol. The van der Waals surface area contributed by atoms with Gasteiger partial charge in [-0.25, -0.2) is 4.98 Å². The molecule has 1 unspecified atom stereocenters. The summed E-state index contributed by atoms with van der Waals surface area (Å²) in [6.07, 6.45) is 0.443. The standard InChI is InChI=1S/C25H22ClN3O2S/c1-25(16-8-4-3-5-9-16,15-22-29-20-10-6-7-11-21(20)32-22)24(31)28-17-12-13-19(26)18(14-17)23(30)27-2/h3-14H,15H2,1-2H3,(H,27,30)(H,28,31). The van der Waals surface area contributed by atoms with E-state index in [1.54, 1.807) is 29.5 Å². The highest BCUT2D eigenvalue weighted by Crippen LogP contribution is 2.33. The van der Waals surface area contributed by atoms with E-state index in [9.17, 15) is 9.59 Å². The minimum Gasteiger partial charge on any atom is -0.355 e. The summed E-state index contributed by atoms with van der Waals surface area (Å²) < 4.78 is 1.09. The number of nitrogens with zero attached hydrogens (tertiary/aromatic N) is 1. The first-order chi connectivity index (χ1) is 15.4. The van der Waals surface area contributed by atoms with Crippen molar-refractivity contribution in [1.29, 1.82) is 0 Å². The molecule has 32 heavy (non-hydrogen) atoms. The number of rotatable bonds is 6. The number of thiazole rings is 1. The molecule has 0 aliphatic heterocycles. The number of benzene rings is 3. The third-order valence-corrected chi connectivity index (χ3v) is 6.82. The Hall–Kier alpha value is -3.22. The van der Waals surface area contributed by atoms with Crippen molar-refractivity contribution in [3.05, 3.63) is 94.0 Å². The van der Waals surface area contributed by atoms with Crippen LogP contribution in [0.15, 0.2) is 72.8 Å². The molecule has 7 heteroatoms. The van der Waals surface area contributed by atoms with E-state index in [2.05, 4.69) is 10.6 Å². The van der Waals surface area contributed by atoms with Gasteiger partial charge in [0.25, 0.3) is 5.91 Å². The van der Waals surface area contributed by atoms with Crippen LogP contribution in [0.25, 0.3) is 10.2 Å². The first-order valence-corrected chi connectivity index (χ1v) is 11.3. The van der Waals surface area contributed by atoms with Gasteiger partial charge in [0.15, 0.2) is 0 Å². The topological polar surface area (TPSA) is 71.1 Å². The summed E-state index contributed by atoms with van der Waals surface area (Å²) in [6.45, 7) is 1.92. The molecule has 4 rings (SSSR count). The maximum absolute atomic E-state index is 13.6. The molecule has 0 bridgehead atoms. The van der Waals surface area contributed by atoms with E-state index in [1.165, 1.54) is 7.05 Å². The summed E-state index contributed by atoms with van der Waals surface area (Å²) in [7, 11) is 1.54. The molecule has 2 N–H and O–H groups in total. The number of hydrogen-bond acceptors (Lipinski definition) is 4. The van der Waals surface area contributed by atoms with E-state index >= 15 is 0 Å². The molecular formula is C25H22ClN3O2S. The zero-order valence-corrected chi connectivity index (χ0v) is 19.3. The third kappa shape index (κ3) is 4.38. The highest BCUT2D eigenvalue weighted by atomic mass is 35.5. The Balaban J connectivity index is 1.69. The molecule has 0 saturated carbocycles. The lowest BCUT2D eigenvalue weighted by molar-refractivity contribution is -0.121. The second-order valence-electron chi connectivity index (χ2n) is 7.68. The summed E-state index contributed by atoms with van der Waals surface area (Å²) in [5.41, 5.74) is 1.75. The summed E-state index contributed by atoms with van der Waals surface area (Å²) >= 11 is 7.75. The lowest BCUT2D eigenvalue weighted by atomic mass is 9.78. The SMILES string of the molecule is CNC(=O)c1cc(NC(=O)C(C)(Cc2nc3ccccc3s2)c2ccccc2)ccc1Cl. The number of hydrogen-bond donors (Lipinski definition) is 2. The van der Waals surface area contributed by atoms with E-state index in [0.717, 1.165) is 20.8 Å². The van der Waals surface area contributed by atoms with Crippen molar-refractivity contribution in [2.24, 2.45) is 0 Å². The van der Waals surface area contributed by atoms with E-state index in [4.69, 9.17) is 16.6 Å². The van der Waals surface area contributed by atoms with Crippen molar-refractivity contribution in [1.82, 2.24) is 10.3 Å². The lowest BCUT2D eigenvalue weighted by Gasteiger charge is -2.28. The average Bonchev–Trinajstić information content (AvgIpc) is 3.22. The molecule has 1 aromatic heterocycles. The van der Waals surface area contributed by atoms with Crippen LogP contribution < -0.4 is 10.6 Å². The van der Waals surface area contributed by atoms with E-state index < -0.39 is 5.41 Å². The molecule has 1 atom stereocenters. The van der Waals surface area contributed by atoms with Crippen LogP contribution in [-0.4, -0.2) is 23.8 Å². The van der Waals surface area contributed by atoms with Crippen LogP contribution in [0.2, 0.25) is 5.02 Å². The van der Waals surface area contributed by atoms with Gasteiger partial charge < -0.3 is 10.6 Å². The van der Waals surface area contributed by atoms with Crippen LogP contribution in [0.3, 0.4) is 0 Å². The second-order valence-corrected chi connectivity index (χ2v) is 9.20. The summed E-state index contributed by atoms with van der Waals surface area (Å²) in [5, 5.41) is 6.75. The largest absolute Gasteiger partial charge is 0.355 e. The summed E-state index contributed by atoms with van der Waals surface area (Å²) in [4.78, 5) is 30.5. The Kier molecular flexibility index (Phi) is 6.26. The molecule has 1 heterocycles. The zero-order chi connectivity index (χ0) is 22.7. The van der Waals surface area contributed by atoms with Crippen molar-refractivity contribution in [2.45, 2.75) is 18.8 Å². The van der Waals surface area contributed by atoms with Gasteiger partial charge >= 0.3 is 0 Å². The molecule has 3 aromatic carbocycles. The van der Waals surface area contributed by atoms with Gasteiger partial charge in [0, 0.05) is 19.2 Å². The molecule has 5 nitrogen and oxygen atoms in total.